The summed E-state index contributed by atoms with van der Waals surface area (Å²) in [5.41, 5.74) is 6.20. The molecule has 0 aliphatic heterocycles. The fourth-order valence-electron chi connectivity index (χ4n) is 5.11. The third-order valence-corrected chi connectivity index (χ3v) is 8.62. The normalized spacial score (nSPS) is 11.7. The van der Waals surface area contributed by atoms with Gasteiger partial charge in [-0.3, -0.25) is 9.10 Å². The zero-order chi connectivity index (χ0) is 29.8. The predicted molar refractivity (Wildman–Crippen MR) is 164 cm³/mol. The van der Waals surface area contributed by atoms with E-state index in [1.807, 2.05) is 67.1 Å². The van der Waals surface area contributed by atoms with E-state index in [0.29, 0.717) is 39.2 Å². The smallest absolute Gasteiger partial charge is 0.255 e. The minimum Gasteiger partial charge on any atom is -0.455 e. The number of fused-ring (bicyclic) bond motifs is 2. The van der Waals surface area contributed by atoms with E-state index in [9.17, 15) is 13.2 Å². The number of nitrogens with one attached hydrogen (secondary N) is 1. The zero-order valence-electron chi connectivity index (χ0n) is 23.7. The topological polar surface area (TPSA) is 123 Å². The molecule has 212 valence electrons. The number of sulfonamides is 1. The van der Waals surface area contributed by atoms with E-state index >= 15 is 0 Å². The number of amides is 1. The van der Waals surface area contributed by atoms with Crippen molar-refractivity contribution < 1.29 is 17.6 Å². The van der Waals surface area contributed by atoms with Crippen molar-refractivity contribution in [2.75, 3.05) is 24.7 Å². The van der Waals surface area contributed by atoms with Crippen molar-refractivity contribution >= 4 is 43.6 Å². The predicted octanol–water partition coefficient (Wildman–Crippen LogP) is 5.17. The number of hydrogen-bond donors (Lipinski definition) is 1. The molecule has 0 atom stereocenters. The number of aromatic nitrogens is 4. The van der Waals surface area contributed by atoms with Gasteiger partial charge in [-0.25, -0.2) is 13.4 Å². The molecule has 0 saturated carbocycles. The highest BCUT2D eigenvalue weighted by atomic mass is 32.2. The molecule has 0 aliphatic rings. The van der Waals surface area contributed by atoms with Crippen molar-refractivity contribution in [1.29, 1.82) is 0 Å². The summed E-state index contributed by atoms with van der Waals surface area (Å²) < 4.78 is 34.9. The largest absolute Gasteiger partial charge is 0.455 e. The number of hydrogen-bond acceptors (Lipinski definition) is 7. The van der Waals surface area contributed by atoms with Crippen molar-refractivity contribution in [1.82, 2.24) is 25.1 Å². The lowest BCUT2D eigenvalue weighted by atomic mass is 10.00. The van der Waals surface area contributed by atoms with Gasteiger partial charge < -0.3 is 14.3 Å². The van der Waals surface area contributed by atoms with Crippen LogP contribution in [0.4, 0.5) is 5.69 Å². The molecule has 4 heterocycles. The molecule has 4 aromatic heterocycles. The van der Waals surface area contributed by atoms with Gasteiger partial charge in [-0.2, -0.15) is 10.2 Å². The fourth-order valence-corrected chi connectivity index (χ4v) is 5.62. The second-order valence-corrected chi connectivity index (χ2v) is 12.2. The molecule has 1 amide bonds. The average molecular weight is 581 g/mol. The third kappa shape index (κ3) is 4.57. The van der Waals surface area contributed by atoms with E-state index < -0.39 is 10.0 Å². The molecule has 6 aromatic rings. The summed E-state index contributed by atoms with van der Waals surface area (Å²) in [7, 11) is 1.28. The van der Waals surface area contributed by atoms with Gasteiger partial charge in [-0.15, -0.1) is 0 Å². The Bertz CT molecular complexity index is 2110. The molecule has 2 aromatic carbocycles. The molecule has 0 aliphatic carbocycles. The Hall–Kier alpha value is -5.03. The summed E-state index contributed by atoms with van der Waals surface area (Å²) in [6, 6.07) is 18.8. The summed E-state index contributed by atoms with van der Waals surface area (Å²) >= 11 is 0. The second kappa shape index (κ2) is 10.1. The number of anilines is 1. The van der Waals surface area contributed by atoms with Crippen LogP contribution in [0.3, 0.4) is 0 Å². The Morgan fingerprint density at radius 2 is 1.81 bits per heavy atom. The van der Waals surface area contributed by atoms with Gasteiger partial charge in [0.15, 0.2) is 0 Å². The molecular weight excluding hydrogens is 552 g/mol. The number of furan rings is 1. The van der Waals surface area contributed by atoms with Crippen molar-refractivity contribution in [2.24, 2.45) is 7.05 Å². The maximum absolute atomic E-state index is 13.2. The van der Waals surface area contributed by atoms with E-state index in [1.54, 1.807) is 31.6 Å². The Labute approximate surface area is 242 Å². The summed E-state index contributed by atoms with van der Waals surface area (Å²) in [6.45, 7) is 1.98. The number of carbonyl (C=O) groups excluding carboxylic acids is 1. The summed E-state index contributed by atoms with van der Waals surface area (Å²) in [4.78, 5) is 17.7. The first kappa shape index (κ1) is 27.2. The quantitative estimate of drug-likeness (QED) is 0.288. The molecule has 0 fully saturated rings. The van der Waals surface area contributed by atoms with Crippen LogP contribution in [0.2, 0.25) is 0 Å². The average Bonchev–Trinajstić information content (AvgIpc) is 3.53. The first-order valence-electron chi connectivity index (χ1n) is 13.1. The van der Waals surface area contributed by atoms with E-state index in [2.05, 4.69) is 20.5 Å². The van der Waals surface area contributed by atoms with Crippen LogP contribution in [-0.2, 0) is 17.1 Å². The van der Waals surface area contributed by atoms with E-state index in [4.69, 9.17) is 4.42 Å². The Balaban J connectivity index is 1.62. The first-order chi connectivity index (χ1) is 20.1. The lowest BCUT2D eigenvalue weighted by Crippen LogP contribution is -2.25. The van der Waals surface area contributed by atoms with Crippen molar-refractivity contribution in [3.63, 3.8) is 0 Å². The zero-order valence-corrected chi connectivity index (χ0v) is 24.5. The minimum absolute atomic E-state index is 0.331. The first-order valence-corrected chi connectivity index (χ1v) is 15.0. The lowest BCUT2D eigenvalue weighted by Gasteiger charge is -2.20. The minimum atomic E-state index is -3.67. The van der Waals surface area contributed by atoms with Crippen LogP contribution in [0, 0.1) is 6.92 Å². The van der Waals surface area contributed by atoms with Crippen LogP contribution in [0.15, 0.2) is 77.5 Å². The summed E-state index contributed by atoms with van der Waals surface area (Å²) in [5, 5.41) is 12.9. The molecule has 0 unspecified atom stereocenters. The van der Waals surface area contributed by atoms with E-state index in [0.717, 1.165) is 39.7 Å². The van der Waals surface area contributed by atoms with E-state index in [-0.39, 0.29) is 5.91 Å². The molecule has 1 N–H and O–H groups in total. The van der Waals surface area contributed by atoms with Gasteiger partial charge in [-0.1, -0.05) is 29.8 Å². The van der Waals surface area contributed by atoms with Crippen LogP contribution in [0.1, 0.15) is 15.9 Å². The number of benzene rings is 2. The molecule has 0 spiro atoms. The van der Waals surface area contributed by atoms with E-state index in [1.165, 1.54) is 11.4 Å². The van der Waals surface area contributed by atoms with Gasteiger partial charge in [0.2, 0.25) is 10.0 Å². The highest BCUT2D eigenvalue weighted by Crippen LogP contribution is 2.41. The van der Waals surface area contributed by atoms with Gasteiger partial charge in [0.25, 0.3) is 5.91 Å². The lowest BCUT2D eigenvalue weighted by molar-refractivity contribution is 0.0964. The van der Waals surface area contributed by atoms with Crippen LogP contribution >= 0.6 is 0 Å². The number of pyridine rings is 1. The molecule has 0 saturated heterocycles. The van der Waals surface area contributed by atoms with Gasteiger partial charge >= 0.3 is 0 Å². The SMILES string of the molecule is CNC(=O)c1c(-c2ccc(C)cc2)oc2cc(N(C)S(C)(=O)=O)c(-c3cc(-c4cc5cccnc5n4C)cnn3)cc12. The molecule has 42 heavy (non-hydrogen) atoms. The second-order valence-electron chi connectivity index (χ2n) is 10.2. The van der Waals surface area contributed by atoms with Crippen molar-refractivity contribution in [3.05, 3.63) is 84.2 Å². The number of rotatable bonds is 6. The van der Waals surface area contributed by atoms with Crippen molar-refractivity contribution in [2.45, 2.75) is 6.92 Å². The van der Waals surface area contributed by atoms with Gasteiger partial charge in [0.1, 0.15) is 17.0 Å². The van der Waals surface area contributed by atoms with Crippen LogP contribution in [0.25, 0.3) is 55.8 Å². The number of nitrogens with zero attached hydrogens (tertiary/aromatic N) is 5. The summed E-state index contributed by atoms with van der Waals surface area (Å²) in [6.07, 6.45) is 4.52. The molecule has 6 rings (SSSR count). The highest BCUT2D eigenvalue weighted by Gasteiger charge is 2.26. The third-order valence-electron chi connectivity index (χ3n) is 7.43. The van der Waals surface area contributed by atoms with Crippen LogP contribution in [0.5, 0.6) is 0 Å². The Kier molecular flexibility index (Phi) is 6.53. The molecule has 11 heteroatoms. The highest BCUT2D eigenvalue weighted by molar-refractivity contribution is 7.92. The molecule has 10 nitrogen and oxygen atoms in total. The molecule has 0 bridgehead atoms. The summed E-state index contributed by atoms with van der Waals surface area (Å²) in [5.74, 6) is 0.0552. The van der Waals surface area contributed by atoms with Gasteiger partial charge in [-0.05, 0) is 37.3 Å². The number of carbonyl (C=O) groups is 1. The van der Waals surface area contributed by atoms with Crippen LogP contribution < -0.4 is 9.62 Å². The van der Waals surface area contributed by atoms with Crippen LogP contribution in [-0.4, -0.2) is 54.4 Å². The molecular formula is C31H28N6O4S. The number of aryl methyl sites for hydroxylation is 2. The van der Waals surface area contributed by atoms with Gasteiger partial charge in [0.05, 0.1) is 35.1 Å². The van der Waals surface area contributed by atoms with Crippen molar-refractivity contribution in [3.8, 4) is 33.8 Å². The maximum atomic E-state index is 13.2. The maximum Gasteiger partial charge on any atom is 0.255 e. The molecule has 0 radical (unpaired) electrons. The standard InChI is InChI=1S/C31H28N6O4S/c1-18-8-10-19(11-9-18)29-28(31(38)32-2)23-15-22(26(16-27(23)41-29)37(4)42(5,39)40)24-13-21(17-34-35-24)25-14-20-7-6-12-33-30(20)36(25)3/h6-17H,1-5H3,(H,32,38). The Morgan fingerprint density at radius 1 is 1.05 bits per heavy atom. The monoisotopic (exact) mass is 580 g/mol. The Morgan fingerprint density at radius 3 is 2.50 bits per heavy atom. The van der Waals surface area contributed by atoms with Gasteiger partial charge in [0, 0.05) is 60.9 Å². The fraction of sp³-hybridized carbons (Fsp3) is 0.161.